The summed E-state index contributed by atoms with van der Waals surface area (Å²) in [5, 5.41) is -0.835. The van der Waals surface area contributed by atoms with Gasteiger partial charge in [-0.25, -0.2) is 21.2 Å². The SMILES string of the molecule is O=S(=O)(c1ccc(F)cc1)C1CN(S(=O)(=O)c2ccc(Cl)s2)C1. The molecule has 0 saturated carbocycles. The van der Waals surface area contributed by atoms with Crippen LogP contribution in [0, 0.1) is 5.82 Å². The fraction of sp³-hybridized carbons (Fsp3) is 0.231. The highest BCUT2D eigenvalue weighted by Gasteiger charge is 2.44. The fourth-order valence-corrected chi connectivity index (χ4v) is 7.18. The van der Waals surface area contributed by atoms with Gasteiger partial charge < -0.3 is 0 Å². The van der Waals surface area contributed by atoms with E-state index in [-0.39, 0.29) is 22.2 Å². The summed E-state index contributed by atoms with van der Waals surface area (Å²) in [6.07, 6.45) is 0. The van der Waals surface area contributed by atoms with Crippen molar-refractivity contribution in [2.45, 2.75) is 14.4 Å². The summed E-state index contributed by atoms with van der Waals surface area (Å²) >= 11 is 6.66. The molecule has 1 saturated heterocycles. The zero-order chi connectivity index (χ0) is 16.8. The predicted octanol–water partition coefficient (Wildman–Crippen LogP) is 2.39. The molecular formula is C13H11ClFNO4S3. The Bertz CT molecular complexity index is 932. The first-order chi connectivity index (χ1) is 10.7. The second-order valence-electron chi connectivity index (χ2n) is 5.00. The second-order valence-corrected chi connectivity index (χ2v) is 11.1. The molecule has 2 aromatic rings. The van der Waals surface area contributed by atoms with E-state index in [1.54, 1.807) is 0 Å². The first-order valence-corrected chi connectivity index (χ1v) is 10.6. The molecule has 1 aliphatic heterocycles. The quantitative estimate of drug-likeness (QED) is 0.745. The number of benzene rings is 1. The lowest BCUT2D eigenvalue weighted by Gasteiger charge is -2.37. The summed E-state index contributed by atoms with van der Waals surface area (Å²) in [7, 11) is -7.41. The van der Waals surface area contributed by atoms with Crippen LogP contribution in [-0.4, -0.2) is 39.5 Å². The molecule has 0 amide bonds. The topological polar surface area (TPSA) is 71.5 Å². The van der Waals surface area contributed by atoms with Gasteiger partial charge in [0.05, 0.1) is 14.5 Å². The Kier molecular flexibility index (Phi) is 4.26. The summed E-state index contributed by atoms with van der Waals surface area (Å²) < 4.78 is 63.8. The van der Waals surface area contributed by atoms with Gasteiger partial charge in [0.25, 0.3) is 10.0 Å². The van der Waals surface area contributed by atoms with Crippen molar-refractivity contribution in [1.82, 2.24) is 4.31 Å². The van der Waals surface area contributed by atoms with Gasteiger partial charge in [0.2, 0.25) is 0 Å². The minimum absolute atomic E-state index is 0.0138. The Balaban J connectivity index is 1.77. The molecule has 0 spiro atoms. The van der Waals surface area contributed by atoms with E-state index in [2.05, 4.69) is 0 Å². The Labute approximate surface area is 142 Å². The van der Waals surface area contributed by atoms with Crippen LogP contribution in [0.4, 0.5) is 4.39 Å². The first-order valence-electron chi connectivity index (χ1n) is 6.46. The van der Waals surface area contributed by atoms with Crippen LogP contribution in [0.1, 0.15) is 0 Å². The number of nitrogens with zero attached hydrogens (tertiary/aromatic N) is 1. The van der Waals surface area contributed by atoms with Crippen LogP contribution in [0.3, 0.4) is 0 Å². The predicted molar refractivity (Wildman–Crippen MR) is 85.5 cm³/mol. The summed E-state index contributed by atoms with van der Waals surface area (Å²) in [5.74, 6) is -0.531. The lowest BCUT2D eigenvalue weighted by atomic mass is 10.3. The molecule has 2 heterocycles. The van der Waals surface area contributed by atoms with Crippen molar-refractivity contribution in [3.8, 4) is 0 Å². The van der Waals surface area contributed by atoms with Crippen LogP contribution in [0.5, 0.6) is 0 Å². The monoisotopic (exact) mass is 395 g/mol. The molecule has 0 N–H and O–H groups in total. The molecular weight excluding hydrogens is 385 g/mol. The highest BCUT2D eigenvalue weighted by Crippen LogP contribution is 2.33. The Morgan fingerprint density at radius 2 is 1.65 bits per heavy atom. The standard InChI is InChI=1S/C13H11ClFNO4S3/c14-12-5-6-13(21-12)23(19,20)16-7-11(8-16)22(17,18)10-3-1-9(15)2-4-10/h1-6,11H,7-8H2. The second kappa shape index (κ2) is 5.82. The number of rotatable bonds is 4. The number of hydrogen-bond acceptors (Lipinski definition) is 5. The molecule has 0 aliphatic carbocycles. The summed E-state index contributed by atoms with van der Waals surface area (Å²) in [5.41, 5.74) is 0. The van der Waals surface area contributed by atoms with E-state index in [1.807, 2.05) is 0 Å². The molecule has 1 aliphatic rings. The van der Waals surface area contributed by atoms with Crippen molar-refractivity contribution in [3.63, 3.8) is 0 Å². The molecule has 0 bridgehead atoms. The molecule has 0 unspecified atom stereocenters. The van der Waals surface area contributed by atoms with Gasteiger partial charge in [-0.1, -0.05) is 11.6 Å². The largest absolute Gasteiger partial charge is 0.252 e. The third-order valence-electron chi connectivity index (χ3n) is 3.54. The number of sulfonamides is 1. The minimum Gasteiger partial charge on any atom is -0.223 e. The lowest BCUT2D eigenvalue weighted by Crippen LogP contribution is -2.56. The van der Waals surface area contributed by atoms with Gasteiger partial charge in [0.15, 0.2) is 9.84 Å². The smallest absolute Gasteiger partial charge is 0.223 e. The molecule has 23 heavy (non-hydrogen) atoms. The molecule has 10 heteroatoms. The summed E-state index contributed by atoms with van der Waals surface area (Å²) in [6.45, 7) is -0.255. The molecule has 5 nitrogen and oxygen atoms in total. The molecule has 1 fully saturated rings. The summed E-state index contributed by atoms with van der Waals surface area (Å²) in [4.78, 5) is -0.0138. The highest BCUT2D eigenvalue weighted by atomic mass is 35.5. The number of halogens is 2. The number of sulfone groups is 1. The number of hydrogen-bond donors (Lipinski definition) is 0. The Morgan fingerprint density at radius 1 is 1.04 bits per heavy atom. The van der Waals surface area contributed by atoms with E-state index < -0.39 is 30.9 Å². The van der Waals surface area contributed by atoms with Gasteiger partial charge in [0.1, 0.15) is 10.0 Å². The maximum atomic E-state index is 12.9. The number of thiophene rings is 1. The van der Waals surface area contributed by atoms with E-state index >= 15 is 0 Å². The van der Waals surface area contributed by atoms with Crippen LogP contribution in [0.2, 0.25) is 4.34 Å². The van der Waals surface area contributed by atoms with E-state index in [4.69, 9.17) is 11.6 Å². The lowest BCUT2D eigenvalue weighted by molar-refractivity contribution is 0.310. The van der Waals surface area contributed by atoms with Crippen LogP contribution in [0.15, 0.2) is 45.5 Å². The maximum Gasteiger partial charge on any atom is 0.252 e. The van der Waals surface area contributed by atoms with Gasteiger partial charge in [0, 0.05) is 13.1 Å². The summed E-state index contributed by atoms with van der Waals surface area (Å²) in [6, 6.07) is 7.36. The normalized spacial score (nSPS) is 17.1. The Morgan fingerprint density at radius 3 is 2.17 bits per heavy atom. The average molecular weight is 396 g/mol. The van der Waals surface area contributed by atoms with E-state index in [0.29, 0.717) is 4.34 Å². The van der Waals surface area contributed by atoms with E-state index in [0.717, 1.165) is 27.8 Å². The first kappa shape index (κ1) is 16.8. The molecule has 1 aromatic carbocycles. The van der Waals surface area contributed by atoms with Gasteiger partial charge in [-0.2, -0.15) is 4.31 Å². The Hall–Kier alpha value is -1.000. The molecule has 1 aromatic heterocycles. The van der Waals surface area contributed by atoms with Crippen molar-refractivity contribution in [3.05, 3.63) is 46.6 Å². The molecule has 124 valence electrons. The molecule has 0 radical (unpaired) electrons. The van der Waals surface area contributed by atoms with Crippen molar-refractivity contribution < 1.29 is 21.2 Å². The van der Waals surface area contributed by atoms with Crippen LogP contribution < -0.4 is 0 Å². The zero-order valence-electron chi connectivity index (χ0n) is 11.5. The van der Waals surface area contributed by atoms with Gasteiger partial charge in [-0.15, -0.1) is 11.3 Å². The van der Waals surface area contributed by atoms with Gasteiger partial charge in [-0.3, -0.25) is 0 Å². The van der Waals surface area contributed by atoms with Crippen LogP contribution in [0.25, 0.3) is 0 Å². The van der Waals surface area contributed by atoms with Gasteiger partial charge >= 0.3 is 0 Å². The molecule has 3 rings (SSSR count). The van der Waals surface area contributed by atoms with E-state index in [9.17, 15) is 21.2 Å². The minimum atomic E-state index is -3.72. The van der Waals surface area contributed by atoms with E-state index in [1.165, 1.54) is 24.3 Å². The van der Waals surface area contributed by atoms with Crippen molar-refractivity contribution >= 4 is 42.8 Å². The third kappa shape index (κ3) is 3.03. The third-order valence-corrected chi connectivity index (χ3v) is 9.17. The van der Waals surface area contributed by atoms with Crippen molar-refractivity contribution in [1.29, 1.82) is 0 Å². The zero-order valence-corrected chi connectivity index (χ0v) is 14.7. The fourth-order valence-electron chi connectivity index (χ4n) is 2.17. The average Bonchev–Trinajstić information content (AvgIpc) is 2.84. The van der Waals surface area contributed by atoms with Crippen LogP contribution >= 0.6 is 22.9 Å². The highest BCUT2D eigenvalue weighted by molar-refractivity contribution is 7.93. The molecule has 0 atom stereocenters. The van der Waals surface area contributed by atoms with Crippen molar-refractivity contribution in [2.24, 2.45) is 0 Å². The van der Waals surface area contributed by atoms with Crippen LogP contribution in [-0.2, 0) is 19.9 Å². The van der Waals surface area contributed by atoms with Gasteiger partial charge in [-0.05, 0) is 36.4 Å². The van der Waals surface area contributed by atoms with Crippen molar-refractivity contribution in [2.75, 3.05) is 13.1 Å². The maximum absolute atomic E-state index is 12.9.